The summed E-state index contributed by atoms with van der Waals surface area (Å²) in [5.41, 5.74) is 3.08. The van der Waals surface area contributed by atoms with Crippen molar-refractivity contribution in [3.8, 4) is 17.2 Å². The summed E-state index contributed by atoms with van der Waals surface area (Å²) in [4.78, 5) is 28.9. The Hall–Kier alpha value is -4.07. The number of carbonyl (C=O) groups excluding carboxylic acids is 1. The van der Waals surface area contributed by atoms with E-state index in [2.05, 4.69) is 15.4 Å². The molecule has 2 N–H and O–H groups in total. The van der Waals surface area contributed by atoms with Gasteiger partial charge in [-0.05, 0) is 57.2 Å². The van der Waals surface area contributed by atoms with Crippen LogP contribution in [0.3, 0.4) is 0 Å². The zero-order chi connectivity index (χ0) is 22.7. The number of anilines is 1. The van der Waals surface area contributed by atoms with Gasteiger partial charge in [0.15, 0.2) is 11.4 Å². The third kappa shape index (κ3) is 4.49. The molecule has 32 heavy (non-hydrogen) atoms. The Morgan fingerprint density at radius 3 is 2.56 bits per heavy atom. The summed E-state index contributed by atoms with van der Waals surface area (Å²) in [5, 5.41) is 5.62. The van der Waals surface area contributed by atoms with Crippen LogP contribution in [-0.2, 0) is 11.2 Å². The fraction of sp³-hybridized carbons (Fsp3) is 0.208. The van der Waals surface area contributed by atoms with Crippen LogP contribution in [0.15, 0.2) is 59.4 Å². The molecule has 164 valence electrons. The maximum Gasteiger partial charge on any atom is 0.266 e. The van der Waals surface area contributed by atoms with Gasteiger partial charge in [-0.2, -0.15) is 0 Å². The predicted molar refractivity (Wildman–Crippen MR) is 122 cm³/mol. The second-order valence-corrected chi connectivity index (χ2v) is 7.30. The number of H-pyrrole nitrogens is 1. The van der Waals surface area contributed by atoms with Gasteiger partial charge in [-0.3, -0.25) is 14.7 Å². The molecule has 2 heterocycles. The summed E-state index contributed by atoms with van der Waals surface area (Å²) in [5.74, 6) is 1.71. The monoisotopic (exact) mass is 432 g/mol. The molecule has 8 nitrogen and oxygen atoms in total. The number of nitrogens with one attached hydrogen (secondary N) is 2. The second-order valence-electron chi connectivity index (χ2n) is 7.30. The van der Waals surface area contributed by atoms with Gasteiger partial charge in [0.25, 0.3) is 5.56 Å². The van der Waals surface area contributed by atoms with Crippen LogP contribution in [0.25, 0.3) is 5.65 Å². The average molecular weight is 432 g/mol. The molecule has 8 heteroatoms. The minimum Gasteiger partial charge on any atom is -0.494 e. The summed E-state index contributed by atoms with van der Waals surface area (Å²) in [6, 6.07) is 16.0. The van der Waals surface area contributed by atoms with E-state index in [1.807, 2.05) is 57.2 Å². The molecule has 0 bridgehead atoms. The average Bonchev–Trinajstić information content (AvgIpc) is 3.14. The minimum absolute atomic E-state index is 0.109. The largest absolute Gasteiger partial charge is 0.494 e. The number of fused-ring (bicyclic) bond motifs is 1. The van der Waals surface area contributed by atoms with Crippen molar-refractivity contribution in [3.63, 3.8) is 0 Å². The number of carbonyl (C=O) groups is 1. The summed E-state index contributed by atoms with van der Waals surface area (Å²) >= 11 is 0. The van der Waals surface area contributed by atoms with Gasteiger partial charge >= 0.3 is 0 Å². The highest BCUT2D eigenvalue weighted by molar-refractivity contribution is 5.94. The van der Waals surface area contributed by atoms with Crippen LogP contribution in [0.1, 0.15) is 23.9 Å². The van der Waals surface area contributed by atoms with Crippen molar-refractivity contribution in [1.82, 2.24) is 14.6 Å². The first-order valence-electron chi connectivity index (χ1n) is 10.3. The number of amides is 1. The van der Waals surface area contributed by atoms with E-state index in [0.717, 1.165) is 17.0 Å². The van der Waals surface area contributed by atoms with Crippen LogP contribution < -0.4 is 20.3 Å². The first-order chi connectivity index (χ1) is 15.4. The Kier molecular flexibility index (Phi) is 5.93. The molecule has 1 amide bonds. The smallest absolute Gasteiger partial charge is 0.266 e. The first-order valence-corrected chi connectivity index (χ1v) is 10.3. The predicted octanol–water partition coefficient (Wildman–Crippen LogP) is 4.01. The molecule has 4 rings (SSSR count). The van der Waals surface area contributed by atoms with Crippen molar-refractivity contribution in [2.75, 3.05) is 11.9 Å². The SMILES string of the molecule is CCOc1ccc(Oc2ccccc2NC(=O)Cc2c(C)nc3cc(=O)[nH]n3c2C)cc1. The molecule has 0 saturated carbocycles. The van der Waals surface area contributed by atoms with Gasteiger partial charge in [-0.15, -0.1) is 0 Å². The van der Waals surface area contributed by atoms with Crippen LogP contribution in [0.5, 0.6) is 17.2 Å². The molecule has 2 aromatic carbocycles. The number of para-hydroxylation sites is 2. The molecule has 0 aliphatic rings. The molecule has 2 aromatic heterocycles. The molecular formula is C24H24N4O4. The lowest BCUT2D eigenvalue weighted by Gasteiger charge is -2.14. The molecule has 0 saturated heterocycles. The fourth-order valence-electron chi connectivity index (χ4n) is 3.52. The number of hydrogen-bond acceptors (Lipinski definition) is 5. The Morgan fingerprint density at radius 2 is 1.81 bits per heavy atom. The zero-order valence-electron chi connectivity index (χ0n) is 18.1. The Bertz CT molecular complexity index is 1320. The highest BCUT2D eigenvalue weighted by atomic mass is 16.5. The van der Waals surface area contributed by atoms with Crippen molar-refractivity contribution >= 4 is 17.2 Å². The number of ether oxygens (including phenoxy) is 2. The van der Waals surface area contributed by atoms with E-state index in [1.54, 1.807) is 16.6 Å². The third-order valence-corrected chi connectivity index (χ3v) is 5.06. The summed E-state index contributed by atoms with van der Waals surface area (Å²) < 4.78 is 13.0. The summed E-state index contributed by atoms with van der Waals surface area (Å²) in [6.07, 6.45) is 0.109. The van der Waals surface area contributed by atoms with Crippen molar-refractivity contribution in [2.45, 2.75) is 27.2 Å². The standard InChI is InChI=1S/C24H24N4O4/c1-4-31-17-9-11-18(12-10-17)32-21-8-6-5-7-20(21)26-23(29)13-19-15(2)25-22-14-24(30)27-28(22)16(19)3/h5-12,14H,4,13H2,1-3H3,(H,26,29)(H,27,30). The molecular weight excluding hydrogens is 408 g/mol. The number of aromatic amines is 1. The van der Waals surface area contributed by atoms with Gasteiger partial charge in [-0.1, -0.05) is 12.1 Å². The summed E-state index contributed by atoms with van der Waals surface area (Å²) in [6.45, 7) is 6.20. The van der Waals surface area contributed by atoms with Crippen LogP contribution in [0.2, 0.25) is 0 Å². The maximum absolute atomic E-state index is 12.9. The van der Waals surface area contributed by atoms with E-state index in [0.29, 0.717) is 35.1 Å². The lowest BCUT2D eigenvalue weighted by Crippen LogP contribution is -2.18. The van der Waals surface area contributed by atoms with Gasteiger partial charge in [-0.25, -0.2) is 9.50 Å². The zero-order valence-corrected chi connectivity index (χ0v) is 18.1. The number of aryl methyl sites for hydroxylation is 2. The van der Waals surface area contributed by atoms with Gasteiger partial charge in [0.05, 0.1) is 18.7 Å². The van der Waals surface area contributed by atoms with Crippen LogP contribution >= 0.6 is 0 Å². The third-order valence-electron chi connectivity index (χ3n) is 5.06. The van der Waals surface area contributed by atoms with Crippen molar-refractivity contribution in [1.29, 1.82) is 0 Å². The van der Waals surface area contributed by atoms with Crippen LogP contribution in [-0.4, -0.2) is 27.1 Å². The quantitative estimate of drug-likeness (QED) is 0.460. The number of benzene rings is 2. The number of hydrogen-bond donors (Lipinski definition) is 2. The molecule has 0 aliphatic heterocycles. The molecule has 0 radical (unpaired) electrons. The molecule has 0 aliphatic carbocycles. The molecule has 0 spiro atoms. The van der Waals surface area contributed by atoms with E-state index in [1.165, 1.54) is 6.07 Å². The van der Waals surface area contributed by atoms with E-state index in [-0.39, 0.29) is 17.9 Å². The van der Waals surface area contributed by atoms with E-state index in [9.17, 15) is 9.59 Å². The highest BCUT2D eigenvalue weighted by Crippen LogP contribution is 2.30. The lowest BCUT2D eigenvalue weighted by atomic mass is 10.1. The van der Waals surface area contributed by atoms with Gasteiger partial charge in [0.1, 0.15) is 11.5 Å². The number of aromatic nitrogens is 3. The van der Waals surface area contributed by atoms with Gasteiger partial charge in [0.2, 0.25) is 5.91 Å². The van der Waals surface area contributed by atoms with Crippen LogP contribution in [0.4, 0.5) is 5.69 Å². The minimum atomic E-state index is -0.234. The van der Waals surface area contributed by atoms with E-state index in [4.69, 9.17) is 9.47 Å². The second kappa shape index (κ2) is 8.97. The normalized spacial score (nSPS) is 10.8. The molecule has 0 atom stereocenters. The Balaban J connectivity index is 1.52. The van der Waals surface area contributed by atoms with Crippen LogP contribution in [0, 0.1) is 13.8 Å². The highest BCUT2D eigenvalue weighted by Gasteiger charge is 2.16. The molecule has 4 aromatic rings. The van der Waals surface area contributed by atoms with Crippen molar-refractivity contribution in [2.24, 2.45) is 0 Å². The van der Waals surface area contributed by atoms with Gasteiger partial charge in [0, 0.05) is 23.0 Å². The number of rotatable bonds is 7. The molecule has 0 unspecified atom stereocenters. The fourth-order valence-corrected chi connectivity index (χ4v) is 3.52. The van der Waals surface area contributed by atoms with E-state index < -0.39 is 0 Å². The topological polar surface area (TPSA) is 97.7 Å². The van der Waals surface area contributed by atoms with Gasteiger partial charge < -0.3 is 14.8 Å². The Labute approximate surface area is 184 Å². The molecule has 0 fully saturated rings. The maximum atomic E-state index is 12.9. The number of nitrogens with zero attached hydrogens (tertiary/aromatic N) is 2. The van der Waals surface area contributed by atoms with E-state index >= 15 is 0 Å². The van der Waals surface area contributed by atoms with Crippen molar-refractivity contribution < 1.29 is 14.3 Å². The van der Waals surface area contributed by atoms with Crippen molar-refractivity contribution in [3.05, 3.63) is 81.9 Å². The first kappa shape index (κ1) is 21.2. The lowest BCUT2D eigenvalue weighted by molar-refractivity contribution is -0.115. The summed E-state index contributed by atoms with van der Waals surface area (Å²) in [7, 11) is 0. The Morgan fingerprint density at radius 1 is 1.09 bits per heavy atom.